The van der Waals surface area contributed by atoms with Gasteiger partial charge in [-0.25, -0.2) is 4.98 Å². The van der Waals surface area contributed by atoms with Gasteiger partial charge in [0, 0.05) is 51.1 Å². The van der Waals surface area contributed by atoms with E-state index in [0.29, 0.717) is 29.1 Å². The van der Waals surface area contributed by atoms with Crippen LogP contribution in [-0.2, 0) is 16.1 Å². The van der Waals surface area contributed by atoms with Crippen LogP contribution in [0.2, 0.25) is 0 Å². The van der Waals surface area contributed by atoms with Gasteiger partial charge >= 0.3 is 0 Å². The van der Waals surface area contributed by atoms with Gasteiger partial charge in [-0.05, 0) is 24.2 Å². The molecular weight excluding hydrogens is 330 g/mol. The van der Waals surface area contributed by atoms with Crippen LogP contribution >= 0.6 is 0 Å². The number of morpholine rings is 1. The molecule has 2 saturated heterocycles. The summed E-state index contributed by atoms with van der Waals surface area (Å²) in [6, 6.07) is 0. The van der Waals surface area contributed by atoms with Gasteiger partial charge in [0.25, 0.3) is 0 Å². The third kappa shape index (κ3) is 3.39. The molecule has 1 amide bonds. The fraction of sp³-hybridized carbons (Fsp3) is 0.842. The number of rotatable bonds is 6. The summed E-state index contributed by atoms with van der Waals surface area (Å²) in [6.07, 6.45) is 5.90. The van der Waals surface area contributed by atoms with Crippen LogP contribution in [0, 0.1) is 16.7 Å². The summed E-state index contributed by atoms with van der Waals surface area (Å²) in [5.41, 5.74) is 0.643. The highest BCUT2D eigenvalue weighted by atomic mass is 16.5. The molecule has 1 saturated carbocycles. The van der Waals surface area contributed by atoms with Crippen LogP contribution in [0.25, 0.3) is 0 Å². The number of carbonyl (C=O) groups is 1. The van der Waals surface area contributed by atoms with Gasteiger partial charge in [-0.1, -0.05) is 13.8 Å². The fourth-order valence-corrected chi connectivity index (χ4v) is 5.63. The Balaban J connectivity index is 1.34. The highest BCUT2D eigenvalue weighted by molar-refractivity contribution is 5.76. The Kier molecular flexibility index (Phi) is 4.77. The molecule has 0 spiro atoms. The largest absolute Gasteiger partial charge is 0.379 e. The van der Waals surface area contributed by atoms with Gasteiger partial charge < -0.3 is 9.64 Å². The normalized spacial score (nSPS) is 30.8. The highest BCUT2D eigenvalue weighted by Crippen LogP contribution is 2.63. The van der Waals surface area contributed by atoms with Crippen LogP contribution in [0.5, 0.6) is 0 Å². The first-order valence-electron chi connectivity index (χ1n) is 9.89. The molecule has 2 atom stereocenters. The minimum Gasteiger partial charge on any atom is -0.379 e. The minimum absolute atomic E-state index is 0.294. The summed E-state index contributed by atoms with van der Waals surface area (Å²) < 4.78 is 7.30. The van der Waals surface area contributed by atoms with Gasteiger partial charge in [-0.15, -0.1) is 0 Å². The predicted molar refractivity (Wildman–Crippen MR) is 97.4 cm³/mol. The molecule has 7 heteroatoms. The maximum Gasteiger partial charge on any atom is 0.222 e. The summed E-state index contributed by atoms with van der Waals surface area (Å²) in [6.45, 7) is 12.2. The summed E-state index contributed by atoms with van der Waals surface area (Å²) in [5.74, 6) is 0.925. The molecule has 3 aliphatic rings. The number of aryl methyl sites for hydroxylation is 1. The maximum atomic E-state index is 12.8. The van der Waals surface area contributed by atoms with Crippen molar-refractivity contribution in [2.24, 2.45) is 16.7 Å². The van der Waals surface area contributed by atoms with Crippen molar-refractivity contribution in [3.8, 4) is 0 Å². The standard InChI is InChI=1S/C19H31N5O2/c1-18(2)11-19(12-22-6-8-26-9-7-22)13-23(10-16(18)19)17(25)4-3-5-24-15-20-14-21-24/h14-16H,3-13H2,1-2H3/t16-,19+/m1/s1. The lowest BCUT2D eigenvalue weighted by Gasteiger charge is -2.58. The van der Waals surface area contributed by atoms with Crippen molar-refractivity contribution >= 4 is 5.91 Å². The molecule has 1 aromatic heterocycles. The van der Waals surface area contributed by atoms with Gasteiger partial charge in [0.2, 0.25) is 5.91 Å². The number of amides is 1. The van der Waals surface area contributed by atoms with Crippen LogP contribution in [-0.4, -0.2) is 76.4 Å². The lowest BCUT2D eigenvalue weighted by atomic mass is 9.48. The zero-order valence-corrected chi connectivity index (χ0v) is 16.1. The third-order valence-corrected chi connectivity index (χ3v) is 6.64. The number of nitrogens with zero attached hydrogens (tertiary/aromatic N) is 5. The van der Waals surface area contributed by atoms with Crippen molar-refractivity contribution in [3.63, 3.8) is 0 Å². The van der Waals surface area contributed by atoms with Crippen LogP contribution in [0.1, 0.15) is 33.1 Å². The monoisotopic (exact) mass is 361 g/mol. The van der Waals surface area contributed by atoms with Gasteiger partial charge in [-0.2, -0.15) is 5.10 Å². The number of aromatic nitrogens is 3. The van der Waals surface area contributed by atoms with Crippen molar-refractivity contribution in [2.75, 3.05) is 45.9 Å². The molecule has 0 unspecified atom stereocenters. The van der Waals surface area contributed by atoms with E-state index < -0.39 is 0 Å². The lowest BCUT2D eigenvalue weighted by molar-refractivity contribution is -0.130. The van der Waals surface area contributed by atoms with Gasteiger partial charge in [-0.3, -0.25) is 14.4 Å². The fourth-order valence-electron chi connectivity index (χ4n) is 5.63. The minimum atomic E-state index is 0.294. The molecule has 144 valence electrons. The molecule has 0 aromatic carbocycles. The molecule has 0 radical (unpaired) electrons. The summed E-state index contributed by atoms with van der Waals surface area (Å²) >= 11 is 0. The maximum absolute atomic E-state index is 12.8. The van der Waals surface area contributed by atoms with Crippen molar-refractivity contribution in [2.45, 2.75) is 39.7 Å². The topological polar surface area (TPSA) is 63.5 Å². The molecule has 1 aromatic rings. The Morgan fingerprint density at radius 3 is 2.81 bits per heavy atom. The highest BCUT2D eigenvalue weighted by Gasteiger charge is 2.63. The van der Waals surface area contributed by atoms with Crippen LogP contribution < -0.4 is 0 Å². The number of ether oxygens (including phenoxy) is 1. The summed E-state index contributed by atoms with van der Waals surface area (Å²) in [4.78, 5) is 21.4. The Labute approximate surface area is 155 Å². The van der Waals surface area contributed by atoms with Crippen molar-refractivity contribution in [3.05, 3.63) is 12.7 Å². The molecule has 3 heterocycles. The molecule has 7 nitrogen and oxygen atoms in total. The van der Waals surface area contributed by atoms with E-state index in [-0.39, 0.29) is 0 Å². The Hall–Kier alpha value is -1.47. The molecule has 2 aliphatic heterocycles. The molecule has 26 heavy (non-hydrogen) atoms. The first-order valence-corrected chi connectivity index (χ1v) is 9.89. The summed E-state index contributed by atoms with van der Waals surface area (Å²) in [5, 5.41) is 4.10. The number of likely N-dealkylation sites (tertiary alicyclic amines) is 1. The van der Waals surface area contributed by atoms with Crippen molar-refractivity contribution < 1.29 is 9.53 Å². The van der Waals surface area contributed by atoms with Crippen molar-refractivity contribution in [1.82, 2.24) is 24.6 Å². The zero-order valence-electron chi connectivity index (χ0n) is 16.1. The molecule has 4 rings (SSSR count). The number of carbonyl (C=O) groups excluding carboxylic acids is 1. The average Bonchev–Trinajstić information content (AvgIpc) is 3.22. The Morgan fingerprint density at radius 1 is 1.31 bits per heavy atom. The van der Waals surface area contributed by atoms with Crippen LogP contribution in [0.4, 0.5) is 0 Å². The number of fused-ring (bicyclic) bond motifs is 1. The molecule has 1 aliphatic carbocycles. The second kappa shape index (κ2) is 6.93. The second-order valence-corrected chi connectivity index (χ2v) is 9.01. The van der Waals surface area contributed by atoms with E-state index >= 15 is 0 Å². The van der Waals surface area contributed by atoms with Crippen LogP contribution in [0.3, 0.4) is 0 Å². The zero-order chi connectivity index (χ0) is 18.2. The van der Waals surface area contributed by atoms with E-state index in [1.54, 1.807) is 11.0 Å². The Morgan fingerprint density at radius 2 is 2.12 bits per heavy atom. The number of hydrogen-bond donors (Lipinski definition) is 0. The predicted octanol–water partition coefficient (Wildman–Crippen LogP) is 1.27. The SMILES string of the molecule is CC1(C)C[C@]2(CN3CCOCC3)CN(C(=O)CCCn3cncn3)C[C@H]12. The van der Waals surface area contributed by atoms with Gasteiger partial charge in [0.1, 0.15) is 12.7 Å². The Bertz CT molecular complexity index is 626. The van der Waals surface area contributed by atoms with Crippen LogP contribution in [0.15, 0.2) is 12.7 Å². The van der Waals surface area contributed by atoms with Crippen molar-refractivity contribution in [1.29, 1.82) is 0 Å². The lowest BCUT2D eigenvalue weighted by Crippen LogP contribution is -2.59. The number of hydrogen-bond acceptors (Lipinski definition) is 5. The molecule has 0 N–H and O–H groups in total. The molecule has 0 bridgehead atoms. The third-order valence-electron chi connectivity index (χ3n) is 6.64. The molecular formula is C19H31N5O2. The van der Waals surface area contributed by atoms with Gasteiger partial charge in [0.05, 0.1) is 13.2 Å². The first-order chi connectivity index (χ1) is 12.5. The van der Waals surface area contributed by atoms with E-state index in [4.69, 9.17) is 4.74 Å². The average molecular weight is 361 g/mol. The van der Waals surface area contributed by atoms with E-state index in [1.165, 1.54) is 12.7 Å². The van der Waals surface area contributed by atoms with E-state index in [1.807, 2.05) is 0 Å². The van der Waals surface area contributed by atoms with E-state index in [9.17, 15) is 4.79 Å². The quantitative estimate of drug-likeness (QED) is 0.763. The smallest absolute Gasteiger partial charge is 0.222 e. The first kappa shape index (κ1) is 17.9. The second-order valence-electron chi connectivity index (χ2n) is 9.01. The van der Waals surface area contributed by atoms with E-state index in [2.05, 4.69) is 33.7 Å². The van der Waals surface area contributed by atoms with Gasteiger partial charge in [0.15, 0.2) is 0 Å². The van der Waals surface area contributed by atoms with E-state index in [0.717, 1.165) is 58.9 Å². The summed E-state index contributed by atoms with van der Waals surface area (Å²) in [7, 11) is 0. The molecule has 3 fully saturated rings.